The molecule has 0 fully saturated rings. The molecule has 7 rings (SSSR count). The van der Waals surface area contributed by atoms with Crippen molar-refractivity contribution in [2.45, 2.75) is 6.92 Å². The van der Waals surface area contributed by atoms with Crippen molar-refractivity contribution in [3.8, 4) is 11.4 Å². The number of hydrogen-bond donors (Lipinski definition) is 0. The molecule has 3 heterocycles. The highest BCUT2D eigenvalue weighted by Crippen LogP contribution is 2.46. The lowest BCUT2D eigenvalue weighted by Gasteiger charge is -2.21. The summed E-state index contributed by atoms with van der Waals surface area (Å²) in [7, 11) is 0. The summed E-state index contributed by atoms with van der Waals surface area (Å²) in [5.74, 6) is 0. The van der Waals surface area contributed by atoms with Gasteiger partial charge in [0, 0.05) is 21.7 Å². The Morgan fingerprint density at radius 2 is 1.18 bits per heavy atom. The van der Waals surface area contributed by atoms with Gasteiger partial charge in [-0.1, -0.05) is 73.3 Å². The molecule has 184 valence electrons. The third-order valence-corrected chi connectivity index (χ3v) is 9.08. The highest BCUT2D eigenvalue weighted by Gasteiger charge is 2.28. The van der Waals surface area contributed by atoms with Crippen LogP contribution in [0.2, 0.25) is 0 Å². The van der Waals surface area contributed by atoms with E-state index in [1.54, 1.807) is 0 Å². The fourth-order valence-electron chi connectivity index (χ4n) is 5.54. The lowest BCUT2D eigenvalue weighted by Crippen LogP contribution is -2.08. The van der Waals surface area contributed by atoms with Crippen molar-refractivity contribution in [2.75, 3.05) is 0 Å². The van der Waals surface area contributed by atoms with Gasteiger partial charge in [-0.3, -0.25) is 0 Å². The van der Waals surface area contributed by atoms with E-state index in [4.69, 9.17) is 0 Å². The van der Waals surface area contributed by atoms with Gasteiger partial charge in [-0.25, -0.2) is 0 Å². The third kappa shape index (κ3) is 3.19. The molecule has 0 radical (unpaired) electrons. The fraction of sp³-hybridized carbons (Fsp3) is 0.0323. The van der Waals surface area contributed by atoms with Crippen molar-refractivity contribution in [2.24, 2.45) is 0 Å². The van der Waals surface area contributed by atoms with Crippen LogP contribution in [0.5, 0.6) is 0 Å². The number of para-hydroxylation sites is 3. The van der Waals surface area contributed by atoms with Crippen LogP contribution in [0.3, 0.4) is 0 Å². The molecule has 7 aromatic rings. The molecule has 0 bridgehead atoms. The van der Waals surface area contributed by atoms with Crippen molar-refractivity contribution in [1.82, 2.24) is 17.9 Å². The molecule has 0 N–H and O–H groups in total. The zero-order valence-electron chi connectivity index (χ0n) is 20.3. The van der Waals surface area contributed by atoms with Crippen molar-refractivity contribution in [3.63, 3.8) is 0 Å². The lowest BCUT2D eigenvalue weighted by molar-refractivity contribution is 1.05. The normalized spacial score (nSPS) is 12.1. The van der Waals surface area contributed by atoms with Gasteiger partial charge in [-0.05, 0) is 63.1 Å². The van der Waals surface area contributed by atoms with Crippen LogP contribution in [-0.2, 0) is 0 Å². The van der Waals surface area contributed by atoms with Gasteiger partial charge < -0.3 is 9.13 Å². The maximum Gasteiger partial charge on any atom is 0.122 e. The van der Waals surface area contributed by atoms with Crippen LogP contribution in [0.25, 0.3) is 67.3 Å². The van der Waals surface area contributed by atoms with Crippen LogP contribution < -0.4 is 0 Å². The molecule has 7 heteroatoms. The molecule has 0 aliphatic heterocycles. The molecule has 0 atom stereocenters. The van der Waals surface area contributed by atoms with Crippen LogP contribution in [0.1, 0.15) is 18.2 Å². The Morgan fingerprint density at radius 3 is 1.71 bits per heavy atom. The summed E-state index contributed by atoms with van der Waals surface area (Å²) in [4.78, 5) is 0. The zero-order chi connectivity index (χ0) is 26.0. The van der Waals surface area contributed by atoms with Gasteiger partial charge in [-0.2, -0.15) is 8.75 Å². The Hall–Kier alpha value is -3.52. The second-order valence-electron chi connectivity index (χ2n) is 9.01. The SMILES string of the molecule is C=Cc1c(/C=C\C)n(-c2c(-n3c4ccccc4c4ccccc43)c(Br)c3nsnc3c2Br)c2ccccc12. The molecule has 3 aromatic heterocycles. The summed E-state index contributed by atoms with van der Waals surface area (Å²) in [6.07, 6.45) is 6.17. The lowest BCUT2D eigenvalue weighted by atomic mass is 10.1. The maximum atomic E-state index is 4.69. The van der Waals surface area contributed by atoms with E-state index in [2.05, 4.69) is 141 Å². The summed E-state index contributed by atoms with van der Waals surface area (Å²) >= 11 is 9.21. The van der Waals surface area contributed by atoms with Crippen molar-refractivity contribution < 1.29 is 0 Å². The number of aromatic nitrogens is 4. The zero-order valence-corrected chi connectivity index (χ0v) is 24.3. The predicted octanol–water partition coefficient (Wildman–Crippen LogP) is 9.93. The van der Waals surface area contributed by atoms with Gasteiger partial charge in [0.25, 0.3) is 0 Å². The summed E-state index contributed by atoms with van der Waals surface area (Å²) in [6, 6.07) is 25.6. The monoisotopic (exact) mass is 638 g/mol. The molecule has 4 aromatic carbocycles. The molecular weight excluding hydrogens is 620 g/mol. The fourth-order valence-corrected chi connectivity index (χ4v) is 7.62. The topological polar surface area (TPSA) is 35.6 Å². The Bertz CT molecular complexity index is 2040. The minimum absolute atomic E-state index is 0.825. The first-order valence-electron chi connectivity index (χ1n) is 12.2. The van der Waals surface area contributed by atoms with Crippen molar-refractivity contribution in [3.05, 3.63) is 106 Å². The number of nitrogens with zero attached hydrogens (tertiary/aromatic N) is 4. The van der Waals surface area contributed by atoms with E-state index in [-0.39, 0.29) is 0 Å². The molecule has 4 nitrogen and oxygen atoms in total. The van der Waals surface area contributed by atoms with Crippen molar-refractivity contribution in [1.29, 1.82) is 0 Å². The van der Waals surface area contributed by atoms with E-state index in [0.717, 1.165) is 64.5 Å². The molecule has 38 heavy (non-hydrogen) atoms. The summed E-state index contributed by atoms with van der Waals surface area (Å²) in [6.45, 7) is 6.22. The van der Waals surface area contributed by atoms with Gasteiger partial charge >= 0.3 is 0 Å². The van der Waals surface area contributed by atoms with Crippen molar-refractivity contribution >= 4 is 99.5 Å². The Morgan fingerprint density at radius 1 is 0.711 bits per heavy atom. The third-order valence-electron chi connectivity index (χ3n) is 7.05. The first-order valence-corrected chi connectivity index (χ1v) is 14.5. The average Bonchev–Trinajstić information content (AvgIpc) is 3.64. The van der Waals surface area contributed by atoms with Crippen LogP contribution in [0, 0.1) is 0 Å². The number of halogens is 2. The van der Waals surface area contributed by atoms with Crippen LogP contribution in [0.4, 0.5) is 0 Å². The van der Waals surface area contributed by atoms with Crippen LogP contribution in [-0.4, -0.2) is 17.9 Å². The molecule has 0 amide bonds. The maximum absolute atomic E-state index is 4.69. The van der Waals surface area contributed by atoms with Crippen LogP contribution in [0.15, 0.2) is 94.4 Å². The predicted molar refractivity (Wildman–Crippen MR) is 169 cm³/mol. The Labute approximate surface area is 240 Å². The summed E-state index contributed by atoms with van der Waals surface area (Å²) in [5, 5.41) is 3.54. The number of rotatable bonds is 4. The molecule has 0 aliphatic carbocycles. The summed E-state index contributed by atoms with van der Waals surface area (Å²) in [5.41, 5.74) is 9.12. The quantitative estimate of drug-likeness (QED) is 0.192. The van der Waals surface area contributed by atoms with Gasteiger partial charge in [0.1, 0.15) is 11.0 Å². The second kappa shape index (κ2) is 9.05. The van der Waals surface area contributed by atoms with E-state index < -0.39 is 0 Å². The molecule has 0 saturated carbocycles. The van der Waals surface area contributed by atoms with Crippen LogP contribution >= 0.6 is 43.6 Å². The van der Waals surface area contributed by atoms with E-state index in [1.165, 1.54) is 22.5 Å². The average molecular weight is 640 g/mol. The largest absolute Gasteiger partial charge is 0.306 e. The van der Waals surface area contributed by atoms with Gasteiger partial charge in [0.2, 0.25) is 0 Å². The Kier molecular flexibility index (Phi) is 5.62. The van der Waals surface area contributed by atoms with E-state index in [9.17, 15) is 0 Å². The summed E-state index contributed by atoms with van der Waals surface area (Å²) < 4.78 is 15.8. The number of hydrogen-bond acceptors (Lipinski definition) is 3. The van der Waals surface area contributed by atoms with E-state index in [0.29, 0.717) is 0 Å². The Balaban J connectivity index is 1.77. The van der Waals surface area contributed by atoms with Gasteiger partial charge in [0.05, 0.1) is 54.3 Å². The van der Waals surface area contributed by atoms with E-state index >= 15 is 0 Å². The number of benzene rings is 4. The molecule has 0 aliphatic rings. The molecule has 0 spiro atoms. The number of fused-ring (bicyclic) bond motifs is 5. The molecule has 0 saturated heterocycles. The highest BCUT2D eigenvalue weighted by atomic mass is 79.9. The highest BCUT2D eigenvalue weighted by molar-refractivity contribution is 9.11. The molecular formula is C31H20Br2N4S. The van der Waals surface area contributed by atoms with Gasteiger partial charge in [-0.15, -0.1) is 0 Å². The second-order valence-corrected chi connectivity index (χ2v) is 11.1. The first kappa shape index (κ1) is 23.6. The van der Waals surface area contributed by atoms with Gasteiger partial charge in [0.15, 0.2) is 0 Å². The van der Waals surface area contributed by atoms with E-state index in [1.807, 2.05) is 13.0 Å². The molecule has 0 unspecified atom stereocenters. The minimum atomic E-state index is 0.825. The smallest absolute Gasteiger partial charge is 0.122 e. The minimum Gasteiger partial charge on any atom is -0.306 e. The standard InChI is InChI=1S/C31H20Br2N4S/c1-3-11-22-18(4-2)19-12-5-8-15-23(19)36(22)30-26(32)28-29(35-38-34-28)27(33)31(30)37-24-16-9-6-13-20(24)21-14-7-10-17-25(21)37/h3-17H,2H2,1H3/b11-3-. The number of allylic oxidation sites excluding steroid dienone is 1. The first-order chi connectivity index (χ1) is 18.7.